The van der Waals surface area contributed by atoms with Gasteiger partial charge in [0.2, 0.25) is 5.91 Å². The highest BCUT2D eigenvalue weighted by Crippen LogP contribution is 2.30. The van der Waals surface area contributed by atoms with Gasteiger partial charge >= 0.3 is 6.09 Å². The van der Waals surface area contributed by atoms with Gasteiger partial charge < -0.3 is 25.4 Å². The van der Waals surface area contributed by atoms with Gasteiger partial charge in [-0.2, -0.15) is 0 Å². The zero-order valence-corrected chi connectivity index (χ0v) is 26.0. The van der Waals surface area contributed by atoms with E-state index in [9.17, 15) is 22.8 Å². The van der Waals surface area contributed by atoms with E-state index in [-0.39, 0.29) is 56.0 Å². The number of nitrogens with one attached hydrogen (secondary N) is 3. The van der Waals surface area contributed by atoms with Gasteiger partial charge in [-0.05, 0) is 60.4 Å². The zero-order valence-electron chi connectivity index (χ0n) is 25.2. The van der Waals surface area contributed by atoms with Crippen molar-refractivity contribution in [2.75, 3.05) is 25.1 Å². The van der Waals surface area contributed by atoms with Gasteiger partial charge in [-0.3, -0.25) is 9.78 Å². The molecule has 5 rings (SSSR count). The van der Waals surface area contributed by atoms with Crippen LogP contribution in [0.25, 0.3) is 0 Å². The van der Waals surface area contributed by atoms with Crippen LogP contribution in [-0.2, 0) is 27.2 Å². The summed E-state index contributed by atoms with van der Waals surface area (Å²) < 4.78 is 53.4. The lowest BCUT2D eigenvalue weighted by atomic mass is 9.88. The van der Waals surface area contributed by atoms with Crippen LogP contribution in [0.4, 0.5) is 23.7 Å². The van der Waals surface area contributed by atoms with Crippen molar-refractivity contribution < 1.29 is 32.2 Å². The summed E-state index contributed by atoms with van der Waals surface area (Å²) in [4.78, 5) is 33.3. The highest BCUT2D eigenvalue weighted by atomic mass is 35.5. The number of morpholine rings is 1. The Hall–Kier alpha value is -4.52. The highest BCUT2D eigenvalue weighted by Gasteiger charge is 2.24. The van der Waals surface area contributed by atoms with Gasteiger partial charge in [-0.1, -0.05) is 41.9 Å². The Morgan fingerprint density at radius 2 is 1.70 bits per heavy atom. The van der Waals surface area contributed by atoms with Crippen LogP contribution in [0.1, 0.15) is 41.1 Å². The number of benzene rings is 2. The molecule has 0 spiro atoms. The number of ether oxygens (including phenoxy) is 2. The molecule has 2 amide bonds. The van der Waals surface area contributed by atoms with Crippen LogP contribution in [0.2, 0.25) is 5.15 Å². The van der Waals surface area contributed by atoms with Gasteiger partial charge in [0.25, 0.3) is 0 Å². The fraction of sp³-hybridized carbons (Fsp3) is 0.294. The van der Waals surface area contributed by atoms with Crippen LogP contribution in [0.3, 0.4) is 0 Å². The monoisotopic (exact) mass is 667 g/mol. The molecule has 2 aromatic heterocycles. The molecule has 4 aromatic rings. The van der Waals surface area contributed by atoms with Gasteiger partial charge in [0.15, 0.2) is 0 Å². The summed E-state index contributed by atoms with van der Waals surface area (Å²) in [7, 11) is 0. The fourth-order valence-corrected chi connectivity index (χ4v) is 5.41. The maximum atomic E-state index is 14.9. The minimum atomic E-state index is -0.597. The first-order valence-electron chi connectivity index (χ1n) is 15.0. The third-order valence-corrected chi connectivity index (χ3v) is 7.91. The van der Waals surface area contributed by atoms with Gasteiger partial charge in [0.1, 0.15) is 29.2 Å². The van der Waals surface area contributed by atoms with Gasteiger partial charge in [0.05, 0.1) is 49.1 Å². The molecule has 3 heterocycles. The van der Waals surface area contributed by atoms with Crippen LogP contribution in [-0.4, -0.2) is 53.9 Å². The summed E-state index contributed by atoms with van der Waals surface area (Å²) in [5, 5.41) is 9.01. The summed E-state index contributed by atoms with van der Waals surface area (Å²) in [6, 6.07) is 16.4. The maximum absolute atomic E-state index is 14.9. The van der Waals surface area contributed by atoms with E-state index in [1.165, 1.54) is 30.5 Å². The average molecular weight is 668 g/mol. The number of alkyl carbamates (subject to hydrolysis) is 1. The predicted octanol–water partition coefficient (Wildman–Crippen LogP) is 5.92. The van der Waals surface area contributed by atoms with Gasteiger partial charge in [0, 0.05) is 24.4 Å². The number of hydrogen-bond donors (Lipinski definition) is 3. The molecule has 1 fully saturated rings. The molecular formula is C34H33ClF3N5O4. The Morgan fingerprint density at radius 3 is 2.34 bits per heavy atom. The highest BCUT2D eigenvalue weighted by molar-refractivity contribution is 6.29. The first-order valence-corrected chi connectivity index (χ1v) is 15.4. The molecule has 1 aliphatic heterocycles. The molecule has 246 valence electrons. The van der Waals surface area contributed by atoms with Crippen molar-refractivity contribution in [2.24, 2.45) is 0 Å². The molecule has 0 saturated carbocycles. The summed E-state index contributed by atoms with van der Waals surface area (Å²) >= 11 is 5.86. The Balaban J connectivity index is 1.11. The van der Waals surface area contributed by atoms with E-state index in [0.717, 1.165) is 6.20 Å². The molecule has 2 atom stereocenters. The number of carbonyl (C=O) groups excluding carboxylic acids is 2. The summed E-state index contributed by atoms with van der Waals surface area (Å²) in [5.74, 6) is -2.31. The van der Waals surface area contributed by atoms with Crippen molar-refractivity contribution in [3.05, 3.63) is 124 Å². The van der Waals surface area contributed by atoms with Crippen molar-refractivity contribution in [1.29, 1.82) is 0 Å². The quantitative estimate of drug-likeness (QED) is 0.161. The number of amides is 2. The largest absolute Gasteiger partial charge is 0.448 e. The lowest BCUT2D eigenvalue weighted by Crippen LogP contribution is -2.49. The summed E-state index contributed by atoms with van der Waals surface area (Å²) in [6.45, 7) is 0.999. The van der Waals surface area contributed by atoms with Crippen molar-refractivity contribution in [3.63, 3.8) is 0 Å². The molecule has 0 bridgehead atoms. The van der Waals surface area contributed by atoms with E-state index in [1.807, 2.05) is 0 Å². The number of anilines is 1. The number of hydrogen-bond acceptors (Lipinski definition) is 7. The predicted molar refractivity (Wildman–Crippen MR) is 169 cm³/mol. The van der Waals surface area contributed by atoms with E-state index in [1.54, 1.807) is 42.5 Å². The maximum Gasteiger partial charge on any atom is 0.407 e. The van der Waals surface area contributed by atoms with Crippen LogP contribution in [0.5, 0.6) is 0 Å². The average Bonchev–Trinajstić information content (AvgIpc) is 3.06. The Kier molecular flexibility index (Phi) is 11.8. The van der Waals surface area contributed by atoms with Crippen LogP contribution < -0.4 is 16.0 Å². The van der Waals surface area contributed by atoms with Gasteiger partial charge in [-0.25, -0.2) is 22.9 Å². The number of pyridine rings is 2. The third kappa shape index (κ3) is 9.98. The van der Waals surface area contributed by atoms with Crippen LogP contribution in [0.15, 0.2) is 79.1 Å². The van der Waals surface area contributed by atoms with Crippen molar-refractivity contribution in [1.82, 2.24) is 20.6 Å². The Labute approximate surface area is 274 Å². The minimum absolute atomic E-state index is 0.0537. The van der Waals surface area contributed by atoms with E-state index < -0.39 is 35.4 Å². The van der Waals surface area contributed by atoms with Crippen LogP contribution >= 0.6 is 11.6 Å². The molecule has 3 N–H and O–H groups in total. The molecule has 0 aliphatic carbocycles. The van der Waals surface area contributed by atoms with Crippen molar-refractivity contribution in [2.45, 2.75) is 43.9 Å². The first-order chi connectivity index (χ1) is 22.7. The number of nitrogens with zero attached hydrogens (tertiary/aromatic N) is 2. The van der Waals surface area contributed by atoms with Crippen LogP contribution in [0, 0.1) is 17.5 Å². The molecule has 47 heavy (non-hydrogen) atoms. The number of halogens is 4. The lowest BCUT2D eigenvalue weighted by Gasteiger charge is -2.30. The molecule has 0 radical (unpaired) electrons. The summed E-state index contributed by atoms with van der Waals surface area (Å²) in [6.07, 6.45) is 2.30. The fourth-order valence-electron chi connectivity index (χ4n) is 5.23. The zero-order chi connectivity index (χ0) is 33.2. The molecule has 13 heteroatoms. The molecular weight excluding hydrogens is 635 g/mol. The normalized spacial score (nSPS) is 16.1. The van der Waals surface area contributed by atoms with E-state index >= 15 is 0 Å². The topological polar surface area (TPSA) is 114 Å². The molecule has 1 saturated heterocycles. The van der Waals surface area contributed by atoms with E-state index in [0.29, 0.717) is 34.9 Å². The molecule has 2 aromatic carbocycles. The van der Waals surface area contributed by atoms with Crippen molar-refractivity contribution in [3.8, 4) is 0 Å². The van der Waals surface area contributed by atoms with Gasteiger partial charge in [-0.15, -0.1) is 0 Å². The summed E-state index contributed by atoms with van der Waals surface area (Å²) in [5.41, 5.74) is 2.47. The van der Waals surface area contributed by atoms with Crippen molar-refractivity contribution >= 4 is 29.3 Å². The first kappa shape index (κ1) is 33.8. The second-order valence-corrected chi connectivity index (χ2v) is 11.4. The second-order valence-electron chi connectivity index (χ2n) is 11.1. The standard InChI is InChI=1S/C34H33ClF3N5O4/c35-32-3-1-2-25(42-32)15-41-34(45)47-20-26-19-46-27(16-40-26)12-13-28-30(38)17-39-18-31(28)43-33(44)14-29(21-4-8-23(36)9-5-21)22-6-10-24(37)11-7-22/h1-11,17-18,26-27,29,40H,12-16,19-20H2,(H,41,45)(H,43,44)/t26-,27+/m0/s1. The molecule has 0 unspecified atom stereocenters. The molecule has 1 aliphatic rings. The lowest BCUT2D eigenvalue weighted by molar-refractivity contribution is -0.116. The third-order valence-electron chi connectivity index (χ3n) is 7.70. The Bertz CT molecular complexity index is 1610. The minimum Gasteiger partial charge on any atom is -0.448 e. The van der Waals surface area contributed by atoms with E-state index in [4.69, 9.17) is 21.1 Å². The van der Waals surface area contributed by atoms with E-state index in [2.05, 4.69) is 25.9 Å². The second kappa shape index (κ2) is 16.3. The number of carbonyl (C=O) groups is 2. The SMILES string of the molecule is O=C(CC(c1ccc(F)cc1)c1ccc(F)cc1)Nc1cncc(F)c1CC[C@@H]1CN[C@H](COC(=O)NCc2cccc(Cl)n2)CO1. The molecule has 9 nitrogen and oxygen atoms in total. The smallest absolute Gasteiger partial charge is 0.407 e. The number of aromatic nitrogens is 2. The Morgan fingerprint density at radius 1 is 1.00 bits per heavy atom. The number of rotatable bonds is 12.